The van der Waals surface area contributed by atoms with Crippen molar-refractivity contribution < 1.29 is 0 Å². The molecule has 21 heavy (non-hydrogen) atoms. The van der Waals surface area contributed by atoms with E-state index in [1.165, 1.54) is 17.1 Å². The van der Waals surface area contributed by atoms with Crippen LogP contribution in [0.15, 0.2) is 66.0 Å². The van der Waals surface area contributed by atoms with Crippen LogP contribution >= 0.6 is 0 Å². The van der Waals surface area contributed by atoms with E-state index in [1.54, 1.807) is 0 Å². The van der Waals surface area contributed by atoms with Gasteiger partial charge in [-0.25, -0.2) is 0 Å². The first kappa shape index (κ1) is 14.5. The van der Waals surface area contributed by atoms with E-state index in [4.69, 9.17) is 0 Å². The van der Waals surface area contributed by atoms with E-state index in [1.807, 2.05) is 0 Å². The van der Waals surface area contributed by atoms with Gasteiger partial charge in [0.1, 0.15) is 0 Å². The second-order valence-corrected chi connectivity index (χ2v) is 14.5. The molecule has 1 heterocycles. The van der Waals surface area contributed by atoms with Crippen LogP contribution in [0.3, 0.4) is 0 Å². The summed E-state index contributed by atoms with van der Waals surface area (Å²) >= 11 is -2.34. The van der Waals surface area contributed by atoms with Gasteiger partial charge >= 0.3 is 131 Å². The number of hydrogen-bond acceptors (Lipinski definition) is 2. The molecule has 0 bridgehead atoms. The van der Waals surface area contributed by atoms with Crippen molar-refractivity contribution in [2.45, 2.75) is 37.8 Å². The molecule has 2 nitrogen and oxygen atoms in total. The van der Waals surface area contributed by atoms with Crippen molar-refractivity contribution in [2.75, 3.05) is 3.86 Å². The normalized spacial score (nSPS) is 24.1. The Kier molecular flexibility index (Phi) is 3.74. The van der Waals surface area contributed by atoms with Crippen molar-refractivity contribution in [1.29, 1.82) is 0 Å². The summed E-state index contributed by atoms with van der Waals surface area (Å²) in [7, 11) is 0. The summed E-state index contributed by atoms with van der Waals surface area (Å²) in [5.74, 6) is 5.00. The Labute approximate surface area is 131 Å². The third-order valence-electron chi connectivity index (χ3n) is 4.66. The molecule has 1 aromatic carbocycles. The second-order valence-electron chi connectivity index (χ2n) is 6.32. The van der Waals surface area contributed by atoms with Gasteiger partial charge < -0.3 is 0 Å². The zero-order chi connectivity index (χ0) is 15.0. The molecular formula is C18H24GeN2. The molecule has 0 fully saturated rings. The summed E-state index contributed by atoms with van der Waals surface area (Å²) in [5.41, 5.74) is 4.22. The topological polar surface area (TPSA) is 6.48 Å². The third kappa shape index (κ3) is 2.35. The fourth-order valence-corrected chi connectivity index (χ4v) is 12.1. The van der Waals surface area contributed by atoms with Gasteiger partial charge in [0, 0.05) is 0 Å². The van der Waals surface area contributed by atoms with Crippen LogP contribution in [0.2, 0.25) is 11.5 Å². The Morgan fingerprint density at radius 2 is 1.71 bits per heavy atom. The summed E-state index contributed by atoms with van der Waals surface area (Å²) in [4.78, 5) is 0. The average molecular weight is 341 g/mol. The van der Waals surface area contributed by atoms with Crippen LogP contribution in [-0.2, 0) is 0 Å². The van der Waals surface area contributed by atoms with Crippen LogP contribution in [0, 0.1) is 0 Å². The first-order valence-electron chi connectivity index (χ1n) is 7.69. The molecule has 0 amide bonds. The minimum absolute atomic E-state index is 0.522. The minimum atomic E-state index is -2.34. The zero-order valence-corrected chi connectivity index (χ0v) is 15.5. The average Bonchev–Trinajstić information content (AvgIpc) is 2.66. The molecular weight excluding hydrogens is 317 g/mol. The standard InChI is InChI=1S/C18H24GeN2/c1-15-16(2)21(18-13-9-6-10-14-18)19(3,4)20(15)17-11-7-5-8-12-17/h5-13,18H,14H2,1-4H3. The van der Waals surface area contributed by atoms with E-state index < -0.39 is 13.7 Å². The van der Waals surface area contributed by atoms with Crippen LogP contribution in [0.1, 0.15) is 20.3 Å². The van der Waals surface area contributed by atoms with Gasteiger partial charge in [-0.15, -0.1) is 0 Å². The van der Waals surface area contributed by atoms with E-state index in [9.17, 15) is 0 Å². The van der Waals surface area contributed by atoms with Gasteiger partial charge in [0.25, 0.3) is 0 Å². The molecule has 0 N–H and O–H groups in total. The molecule has 3 rings (SSSR count). The Morgan fingerprint density at radius 1 is 1.00 bits per heavy atom. The Hall–Kier alpha value is -1.42. The SMILES string of the molecule is CC1=C(C)[N](C2C=CC=CC2)[Ge]([CH3])([CH3])[N]1c1ccccc1. The molecule has 0 aromatic heterocycles. The van der Waals surface area contributed by atoms with Crippen molar-refractivity contribution in [3.05, 3.63) is 66.0 Å². The summed E-state index contributed by atoms with van der Waals surface area (Å²) in [5, 5.41) is 0. The maximum atomic E-state index is 2.74. The monoisotopic (exact) mass is 342 g/mol. The van der Waals surface area contributed by atoms with Crippen LogP contribution in [0.4, 0.5) is 5.69 Å². The van der Waals surface area contributed by atoms with Crippen molar-refractivity contribution in [3.8, 4) is 0 Å². The molecule has 1 aromatic rings. The predicted octanol–water partition coefficient (Wildman–Crippen LogP) is 4.65. The van der Waals surface area contributed by atoms with E-state index in [2.05, 4.69) is 87.7 Å². The molecule has 0 radical (unpaired) electrons. The number of rotatable bonds is 2. The first-order valence-corrected chi connectivity index (χ1v) is 13.8. The number of hydrogen-bond donors (Lipinski definition) is 0. The third-order valence-corrected chi connectivity index (χ3v) is 12.1. The van der Waals surface area contributed by atoms with Crippen LogP contribution in [0.25, 0.3) is 0 Å². The van der Waals surface area contributed by atoms with Crippen molar-refractivity contribution in [3.63, 3.8) is 0 Å². The molecule has 0 saturated heterocycles. The molecule has 1 aliphatic heterocycles. The molecule has 1 unspecified atom stereocenters. The fourth-order valence-electron chi connectivity index (χ4n) is 3.76. The zero-order valence-electron chi connectivity index (χ0n) is 13.4. The molecule has 0 saturated carbocycles. The fraction of sp³-hybridized carbons (Fsp3) is 0.333. The molecule has 2 aliphatic rings. The summed E-state index contributed by atoms with van der Waals surface area (Å²) in [6, 6.07) is 11.4. The van der Waals surface area contributed by atoms with Gasteiger partial charge in [0.2, 0.25) is 0 Å². The second kappa shape index (κ2) is 5.41. The predicted molar refractivity (Wildman–Crippen MR) is 93.3 cm³/mol. The van der Waals surface area contributed by atoms with E-state index in [0.717, 1.165) is 6.42 Å². The molecule has 1 aliphatic carbocycles. The number of anilines is 1. The summed E-state index contributed by atoms with van der Waals surface area (Å²) in [6.45, 7) is 4.56. The van der Waals surface area contributed by atoms with Gasteiger partial charge in [-0.3, -0.25) is 0 Å². The molecule has 110 valence electrons. The number of benzene rings is 1. The van der Waals surface area contributed by atoms with Crippen molar-refractivity contribution in [2.24, 2.45) is 0 Å². The van der Waals surface area contributed by atoms with E-state index in [0.29, 0.717) is 6.04 Å². The summed E-state index contributed by atoms with van der Waals surface area (Å²) in [6.07, 6.45) is 10.1. The van der Waals surface area contributed by atoms with E-state index >= 15 is 0 Å². The van der Waals surface area contributed by atoms with Gasteiger partial charge in [-0.05, 0) is 0 Å². The van der Waals surface area contributed by atoms with Gasteiger partial charge in [0.05, 0.1) is 0 Å². The van der Waals surface area contributed by atoms with Gasteiger partial charge in [-0.1, -0.05) is 0 Å². The van der Waals surface area contributed by atoms with Crippen LogP contribution in [-0.4, -0.2) is 23.6 Å². The van der Waals surface area contributed by atoms with Crippen molar-refractivity contribution in [1.82, 2.24) is 3.86 Å². The number of allylic oxidation sites excluding steroid dienone is 4. The van der Waals surface area contributed by atoms with Gasteiger partial charge in [-0.2, -0.15) is 0 Å². The number of para-hydroxylation sites is 1. The van der Waals surface area contributed by atoms with E-state index in [-0.39, 0.29) is 0 Å². The Balaban J connectivity index is 2.02. The van der Waals surface area contributed by atoms with Crippen molar-refractivity contribution >= 4 is 19.4 Å². The maximum absolute atomic E-state index is 2.74. The summed E-state index contributed by atoms with van der Waals surface area (Å²) < 4.78 is 5.38. The van der Waals surface area contributed by atoms with Crippen LogP contribution in [0.5, 0.6) is 0 Å². The Morgan fingerprint density at radius 3 is 2.33 bits per heavy atom. The first-order chi connectivity index (χ1) is 10.0. The molecule has 0 spiro atoms. The quantitative estimate of drug-likeness (QED) is 0.723. The van der Waals surface area contributed by atoms with Gasteiger partial charge in [0.15, 0.2) is 0 Å². The van der Waals surface area contributed by atoms with Crippen LogP contribution < -0.4 is 3.86 Å². The Bertz CT molecular complexity index is 613. The number of nitrogens with zero attached hydrogens (tertiary/aromatic N) is 2. The molecule has 1 atom stereocenters. The molecule has 3 heteroatoms.